The van der Waals surface area contributed by atoms with Gasteiger partial charge in [-0.2, -0.15) is 0 Å². The number of anilines is 1. The zero-order valence-corrected chi connectivity index (χ0v) is 18.4. The van der Waals surface area contributed by atoms with Crippen LogP contribution in [0.25, 0.3) is 0 Å². The third-order valence-electron chi connectivity index (χ3n) is 4.28. The molecule has 2 amide bonds. The Morgan fingerprint density at radius 3 is 2.48 bits per heavy atom. The van der Waals surface area contributed by atoms with Gasteiger partial charge in [0, 0.05) is 37.5 Å². The van der Waals surface area contributed by atoms with Gasteiger partial charge in [0.15, 0.2) is 0 Å². The Kier molecular flexibility index (Phi) is 7.53. The number of hydrogen-bond donors (Lipinski definition) is 1. The molecule has 0 atom stereocenters. The fourth-order valence-electron chi connectivity index (χ4n) is 2.77. The normalized spacial score (nSPS) is 11.2. The van der Waals surface area contributed by atoms with Crippen LogP contribution in [0.5, 0.6) is 5.75 Å². The molecule has 3 aromatic rings. The molecule has 0 saturated heterocycles. The number of nitrogens with one attached hydrogen (secondary N) is 1. The molecule has 0 aliphatic rings. The largest absolute Gasteiger partial charge is 0.573 e. The van der Waals surface area contributed by atoms with Crippen LogP contribution in [0.3, 0.4) is 0 Å². The highest BCUT2D eigenvalue weighted by atomic mass is 32.2. The number of carbonyl (C=O) groups excluding carboxylic acids is 2. The Morgan fingerprint density at radius 1 is 1.15 bits per heavy atom. The van der Waals surface area contributed by atoms with Gasteiger partial charge in [-0.3, -0.25) is 9.59 Å². The summed E-state index contributed by atoms with van der Waals surface area (Å²) in [6, 6.07) is 11.8. The maximum atomic E-state index is 12.7. The number of rotatable bonds is 8. The van der Waals surface area contributed by atoms with Crippen molar-refractivity contribution in [2.24, 2.45) is 7.05 Å². The maximum absolute atomic E-state index is 12.7. The topological polar surface area (TPSA) is 102 Å². The molecule has 9 nitrogen and oxygen atoms in total. The number of carbonyl (C=O) groups is 2. The van der Waals surface area contributed by atoms with E-state index in [1.165, 1.54) is 58.7 Å². The van der Waals surface area contributed by atoms with E-state index in [2.05, 4.69) is 25.6 Å². The molecule has 13 heteroatoms. The van der Waals surface area contributed by atoms with E-state index in [1.54, 1.807) is 25.2 Å². The van der Waals surface area contributed by atoms with Gasteiger partial charge in [0.25, 0.3) is 5.91 Å². The molecule has 0 aliphatic heterocycles. The first kappa shape index (κ1) is 24.0. The predicted molar refractivity (Wildman–Crippen MR) is 114 cm³/mol. The van der Waals surface area contributed by atoms with Crippen LogP contribution < -0.4 is 10.1 Å². The molecule has 2 aromatic carbocycles. The summed E-state index contributed by atoms with van der Waals surface area (Å²) in [6.07, 6.45) is -4.83. The minimum absolute atomic E-state index is 0.0856. The molecule has 1 heterocycles. The molecule has 0 aliphatic carbocycles. The molecule has 0 fully saturated rings. The first-order valence-corrected chi connectivity index (χ1v) is 10.4. The minimum Gasteiger partial charge on any atom is -0.405 e. The third kappa shape index (κ3) is 6.94. The molecule has 174 valence electrons. The van der Waals surface area contributed by atoms with Gasteiger partial charge in [-0.25, -0.2) is 4.68 Å². The molecule has 0 bridgehead atoms. The number of amides is 2. The van der Waals surface area contributed by atoms with Crippen LogP contribution in [-0.4, -0.2) is 56.1 Å². The lowest BCUT2D eigenvalue weighted by atomic mass is 10.1. The van der Waals surface area contributed by atoms with Gasteiger partial charge >= 0.3 is 6.36 Å². The van der Waals surface area contributed by atoms with Gasteiger partial charge in [-0.05, 0) is 40.8 Å². The number of nitrogens with zero attached hydrogens (tertiary/aromatic N) is 5. The van der Waals surface area contributed by atoms with E-state index in [0.29, 0.717) is 16.4 Å². The fourth-order valence-corrected chi connectivity index (χ4v) is 3.42. The van der Waals surface area contributed by atoms with Gasteiger partial charge in [0.05, 0.1) is 5.75 Å². The van der Waals surface area contributed by atoms with Gasteiger partial charge in [-0.1, -0.05) is 30.0 Å². The van der Waals surface area contributed by atoms with Gasteiger partial charge in [0.1, 0.15) is 5.75 Å². The van der Waals surface area contributed by atoms with Crippen LogP contribution in [0.4, 0.5) is 18.9 Å². The van der Waals surface area contributed by atoms with Crippen LogP contribution in [0.2, 0.25) is 0 Å². The minimum atomic E-state index is -4.83. The molecular formula is C20H19F3N6O3S. The van der Waals surface area contributed by atoms with E-state index in [-0.39, 0.29) is 29.5 Å². The molecular weight excluding hydrogens is 461 g/mol. The number of para-hydroxylation sites is 1. The molecule has 0 unspecified atom stereocenters. The van der Waals surface area contributed by atoms with Crippen LogP contribution >= 0.6 is 11.8 Å². The number of benzene rings is 2. The Labute approximate surface area is 190 Å². The number of hydrogen-bond acceptors (Lipinski definition) is 7. The average Bonchev–Trinajstić information content (AvgIpc) is 3.17. The summed E-state index contributed by atoms with van der Waals surface area (Å²) in [4.78, 5) is 26.1. The van der Waals surface area contributed by atoms with E-state index in [4.69, 9.17) is 0 Å². The van der Waals surface area contributed by atoms with Crippen LogP contribution in [0, 0.1) is 0 Å². The summed E-state index contributed by atoms with van der Waals surface area (Å²) in [5, 5.41) is 14.1. The number of aryl methyl sites for hydroxylation is 1. The zero-order chi connectivity index (χ0) is 24.0. The number of thioether (sulfide) groups is 1. The van der Waals surface area contributed by atoms with Crippen LogP contribution in [0.15, 0.2) is 53.7 Å². The number of alkyl halides is 3. The molecule has 1 N–H and O–H groups in total. The van der Waals surface area contributed by atoms with E-state index in [0.717, 1.165) is 0 Å². The Balaban J connectivity index is 1.57. The quantitative estimate of drug-likeness (QED) is 0.494. The summed E-state index contributed by atoms with van der Waals surface area (Å²) in [6.45, 7) is -0.0856. The van der Waals surface area contributed by atoms with Crippen molar-refractivity contribution in [1.82, 2.24) is 25.1 Å². The fraction of sp³-hybridized carbons (Fsp3) is 0.250. The second kappa shape index (κ2) is 10.3. The van der Waals surface area contributed by atoms with E-state index >= 15 is 0 Å². The number of halogens is 3. The summed E-state index contributed by atoms with van der Waals surface area (Å²) >= 11 is 1.17. The lowest BCUT2D eigenvalue weighted by molar-refractivity contribution is -0.275. The van der Waals surface area contributed by atoms with E-state index < -0.39 is 12.3 Å². The van der Waals surface area contributed by atoms with Crippen molar-refractivity contribution in [3.63, 3.8) is 0 Å². The van der Waals surface area contributed by atoms with Crippen LogP contribution in [0.1, 0.15) is 15.9 Å². The van der Waals surface area contributed by atoms with Crippen molar-refractivity contribution in [2.45, 2.75) is 18.1 Å². The first-order chi connectivity index (χ1) is 15.6. The Morgan fingerprint density at radius 2 is 1.85 bits per heavy atom. The average molecular weight is 480 g/mol. The highest BCUT2D eigenvalue weighted by molar-refractivity contribution is 7.99. The third-order valence-corrected chi connectivity index (χ3v) is 5.29. The van der Waals surface area contributed by atoms with Crippen molar-refractivity contribution in [2.75, 3.05) is 18.1 Å². The second-order valence-electron chi connectivity index (χ2n) is 6.82. The zero-order valence-electron chi connectivity index (χ0n) is 17.5. The number of ether oxygens (including phenoxy) is 1. The number of tetrazole rings is 1. The maximum Gasteiger partial charge on any atom is 0.573 e. The lowest BCUT2D eigenvalue weighted by Crippen LogP contribution is -2.27. The molecule has 0 radical (unpaired) electrons. The van der Waals surface area contributed by atoms with Crippen molar-refractivity contribution in [1.29, 1.82) is 0 Å². The standard InChI is InChI=1S/C20H19F3N6O3S/c1-28(11-14-5-3-4-6-16(14)32-20(21,22)23)18(31)13-7-9-15(10-8-13)24-17(30)12-33-19-25-26-27-29(19)2/h3-10H,11-12H2,1-2H3,(H,24,30). The lowest BCUT2D eigenvalue weighted by Gasteiger charge is -2.20. The first-order valence-electron chi connectivity index (χ1n) is 9.46. The summed E-state index contributed by atoms with van der Waals surface area (Å²) < 4.78 is 43.3. The van der Waals surface area contributed by atoms with Crippen molar-refractivity contribution < 1.29 is 27.5 Å². The molecule has 3 rings (SSSR count). The number of aromatic nitrogens is 4. The molecule has 1 aromatic heterocycles. The predicted octanol–water partition coefficient (Wildman–Crippen LogP) is 3.11. The smallest absolute Gasteiger partial charge is 0.405 e. The van der Waals surface area contributed by atoms with Crippen molar-refractivity contribution in [3.05, 3.63) is 59.7 Å². The molecule has 33 heavy (non-hydrogen) atoms. The second-order valence-corrected chi connectivity index (χ2v) is 7.76. The van der Waals surface area contributed by atoms with Crippen LogP contribution in [-0.2, 0) is 18.4 Å². The monoisotopic (exact) mass is 480 g/mol. The van der Waals surface area contributed by atoms with Gasteiger partial charge in [0.2, 0.25) is 11.1 Å². The van der Waals surface area contributed by atoms with Crippen molar-refractivity contribution in [3.8, 4) is 5.75 Å². The summed E-state index contributed by atoms with van der Waals surface area (Å²) in [7, 11) is 3.13. The van der Waals surface area contributed by atoms with E-state index in [9.17, 15) is 22.8 Å². The molecule has 0 spiro atoms. The van der Waals surface area contributed by atoms with Crippen molar-refractivity contribution >= 4 is 29.3 Å². The SMILES string of the molecule is CN(Cc1ccccc1OC(F)(F)F)C(=O)c1ccc(NC(=O)CSc2nnnn2C)cc1. The van der Waals surface area contributed by atoms with Gasteiger partial charge in [-0.15, -0.1) is 18.3 Å². The molecule has 0 saturated carbocycles. The summed E-state index contributed by atoms with van der Waals surface area (Å²) in [5.41, 5.74) is 1.01. The van der Waals surface area contributed by atoms with E-state index in [1.807, 2.05) is 0 Å². The highest BCUT2D eigenvalue weighted by Crippen LogP contribution is 2.27. The highest BCUT2D eigenvalue weighted by Gasteiger charge is 2.32. The van der Waals surface area contributed by atoms with Gasteiger partial charge < -0.3 is 15.0 Å². The summed E-state index contributed by atoms with van der Waals surface area (Å²) in [5.74, 6) is -0.949. The Bertz CT molecular complexity index is 1120. The Hall–Kier alpha value is -3.61.